The Labute approximate surface area is 151 Å². The van der Waals surface area contributed by atoms with Crippen molar-refractivity contribution in [2.75, 3.05) is 26.7 Å². The van der Waals surface area contributed by atoms with E-state index in [4.69, 9.17) is 4.42 Å². The van der Waals surface area contributed by atoms with Gasteiger partial charge in [-0.15, -0.1) is 0 Å². The average Bonchev–Trinajstić information content (AvgIpc) is 3.04. The lowest BCUT2D eigenvalue weighted by atomic mass is 10.0. The third kappa shape index (κ3) is 3.50. The van der Waals surface area contributed by atoms with Gasteiger partial charge in [0.05, 0.1) is 11.6 Å². The van der Waals surface area contributed by atoms with E-state index in [0.29, 0.717) is 25.2 Å². The Bertz CT molecular complexity index is 926. The number of nitrogens with zero attached hydrogens (tertiary/aromatic N) is 1. The molecular weight excluding hydrogens is 361 g/mol. The van der Waals surface area contributed by atoms with E-state index in [1.54, 1.807) is 24.0 Å². The lowest BCUT2D eigenvalue weighted by molar-refractivity contribution is 0.0632. The molecule has 1 aliphatic heterocycles. The van der Waals surface area contributed by atoms with Gasteiger partial charge in [-0.3, -0.25) is 4.79 Å². The minimum absolute atomic E-state index is 0.183. The SMILES string of the molecule is CNS(=O)(=O)c1cc(C(=O)N2CCNCC2c2cccc(F)c2)c(C)o1. The molecule has 1 fully saturated rings. The van der Waals surface area contributed by atoms with Crippen LogP contribution in [0.5, 0.6) is 0 Å². The fraction of sp³-hybridized carbons (Fsp3) is 0.353. The standard InChI is InChI=1S/C17H20FN3O4S/c1-11-14(9-16(25-11)26(23,24)19-2)17(22)21-7-6-20-10-15(21)12-4-3-5-13(18)8-12/h3-5,8-9,15,19-20H,6-7,10H2,1-2H3. The molecule has 1 saturated heterocycles. The molecule has 0 aliphatic carbocycles. The zero-order valence-corrected chi connectivity index (χ0v) is 15.3. The van der Waals surface area contributed by atoms with Crippen molar-refractivity contribution in [3.8, 4) is 0 Å². The Hall–Kier alpha value is -2.23. The van der Waals surface area contributed by atoms with Crippen molar-refractivity contribution in [2.24, 2.45) is 0 Å². The van der Waals surface area contributed by atoms with Crippen LogP contribution < -0.4 is 10.0 Å². The average molecular weight is 381 g/mol. The third-order valence-corrected chi connectivity index (χ3v) is 5.67. The third-order valence-electron chi connectivity index (χ3n) is 4.40. The minimum Gasteiger partial charge on any atom is -0.448 e. The second kappa shape index (κ2) is 7.18. The molecule has 2 aromatic rings. The normalized spacial score (nSPS) is 18.1. The van der Waals surface area contributed by atoms with Crippen LogP contribution in [0.25, 0.3) is 0 Å². The Balaban J connectivity index is 1.95. The first-order valence-electron chi connectivity index (χ1n) is 8.14. The van der Waals surface area contributed by atoms with E-state index in [9.17, 15) is 17.6 Å². The fourth-order valence-corrected chi connectivity index (χ4v) is 3.72. The van der Waals surface area contributed by atoms with Gasteiger partial charge in [0.2, 0.25) is 5.09 Å². The smallest absolute Gasteiger partial charge is 0.273 e. The number of halogens is 1. The van der Waals surface area contributed by atoms with E-state index in [1.807, 2.05) is 0 Å². The molecule has 140 valence electrons. The first kappa shape index (κ1) is 18.6. The maximum Gasteiger partial charge on any atom is 0.273 e. The summed E-state index contributed by atoms with van der Waals surface area (Å²) in [5.74, 6) is -0.498. The number of benzene rings is 1. The maximum atomic E-state index is 13.6. The topological polar surface area (TPSA) is 91.7 Å². The first-order chi connectivity index (χ1) is 12.3. The largest absolute Gasteiger partial charge is 0.448 e. The number of nitrogens with one attached hydrogen (secondary N) is 2. The monoisotopic (exact) mass is 381 g/mol. The molecule has 1 unspecified atom stereocenters. The van der Waals surface area contributed by atoms with Crippen molar-refractivity contribution in [1.82, 2.24) is 14.9 Å². The highest BCUT2D eigenvalue weighted by atomic mass is 32.2. The zero-order valence-electron chi connectivity index (χ0n) is 14.5. The molecule has 2 N–H and O–H groups in total. The number of hydrogen-bond acceptors (Lipinski definition) is 5. The predicted molar refractivity (Wildman–Crippen MR) is 92.7 cm³/mol. The Kier molecular flexibility index (Phi) is 5.12. The van der Waals surface area contributed by atoms with Gasteiger partial charge in [0, 0.05) is 25.7 Å². The van der Waals surface area contributed by atoms with Crippen LogP contribution >= 0.6 is 0 Å². The van der Waals surface area contributed by atoms with E-state index in [2.05, 4.69) is 10.0 Å². The lowest BCUT2D eigenvalue weighted by Crippen LogP contribution is -2.48. The first-order valence-corrected chi connectivity index (χ1v) is 9.63. The van der Waals surface area contributed by atoms with Gasteiger partial charge < -0.3 is 14.6 Å². The Morgan fingerprint density at radius 2 is 2.15 bits per heavy atom. The van der Waals surface area contributed by atoms with E-state index >= 15 is 0 Å². The number of carbonyl (C=O) groups is 1. The van der Waals surface area contributed by atoms with Crippen LogP contribution in [-0.2, 0) is 10.0 Å². The molecule has 1 amide bonds. The molecule has 3 rings (SSSR count). The van der Waals surface area contributed by atoms with Crippen molar-refractivity contribution >= 4 is 15.9 Å². The minimum atomic E-state index is -3.78. The number of carbonyl (C=O) groups excluding carboxylic acids is 1. The number of furan rings is 1. The second-order valence-electron chi connectivity index (χ2n) is 6.02. The zero-order chi connectivity index (χ0) is 18.9. The number of sulfonamides is 1. The molecule has 0 radical (unpaired) electrons. The van der Waals surface area contributed by atoms with Crippen LogP contribution in [0.2, 0.25) is 0 Å². The molecule has 1 aromatic heterocycles. The van der Waals surface area contributed by atoms with Gasteiger partial charge in [0.15, 0.2) is 0 Å². The molecular formula is C17H20FN3O4S. The maximum absolute atomic E-state index is 13.6. The van der Waals surface area contributed by atoms with E-state index in [-0.39, 0.29) is 34.2 Å². The molecule has 26 heavy (non-hydrogen) atoms. The van der Waals surface area contributed by atoms with Gasteiger partial charge in [-0.05, 0) is 31.7 Å². The molecule has 0 saturated carbocycles. The fourth-order valence-electron chi connectivity index (χ4n) is 3.01. The molecule has 7 nitrogen and oxygen atoms in total. The van der Waals surface area contributed by atoms with E-state index in [1.165, 1.54) is 25.2 Å². The highest BCUT2D eigenvalue weighted by Gasteiger charge is 2.32. The summed E-state index contributed by atoms with van der Waals surface area (Å²) in [6, 6.07) is 6.99. The summed E-state index contributed by atoms with van der Waals surface area (Å²) in [5.41, 5.74) is 0.858. The highest BCUT2D eigenvalue weighted by Crippen LogP contribution is 2.27. The van der Waals surface area contributed by atoms with E-state index < -0.39 is 10.0 Å². The van der Waals surface area contributed by atoms with Crippen molar-refractivity contribution < 1.29 is 22.0 Å². The molecule has 1 atom stereocenters. The number of rotatable bonds is 4. The van der Waals surface area contributed by atoms with Crippen molar-refractivity contribution in [2.45, 2.75) is 18.1 Å². The van der Waals surface area contributed by atoms with Crippen LogP contribution in [0.1, 0.15) is 27.7 Å². The Morgan fingerprint density at radius 3 is 2.85 bits per heavy atom. The number of aryl methyl sites for hydroxylation is 1. The van der Waals surface area contributed by atoms with Gasteiger partial charge in [-0.2, -0.15) is 0 Å². The molecule has 2 heterocycles. The quantitative estimate of drug-likeness (QED) is 0.836. The second-order valence-corrected chi connectivity index (χ2v) is 7.83. The number of piperazine rings is 1. The van der Waals surface area contributed by atoms with Gasteiger partial charge in [0.25, 0.3) is 15.9 Å². The van der Waals surface area contributed by atoms with Crippen molar-refractivity contribution in [1.29, 1.82) is 0 Å². The number of amides is 1. The summed E-state index contributed by atoms with van der Waals surface area (Å²) in [6.45, 7) is 3.03. The molecule has 0 bridgehead atoms. The van der Waals surface area contributed by atoms with Gasteiger partial charge >= 0.3 is 0 Å². The van der Waals surface area contributed by atoms with Gasteiger partial charge in [-0.1, -0.05) is 12.1 Å². The molecule has 1 aromatic carbocycles. The Morgan fingerprint density at radius 1 is 1.38 bits per heavy atom. The van der Waals surface area contributed by atoms with Gasteiger partial charge in [-0.25, -0.2) is 17.5 Å². The van der Waals surface area contributed by atoms with Crippen LogP contribution in [-0.4, -0.2) is 45.9 Å². The predicted octanol–water partition coefficient (Wildman–Crippen LogP) is 1.42. The highest BCUT2D eigenvalue weighted by molar-refractivity contribution is 7.89. The summed E-state index contributed by atoms with van der Waals surface area (Å²) in [7, 11) is -2.52. The summed E-state index contributed by atoms with van der Waals surface area (Å²) in [4.78, 5) is 14.7. The summed E-state index contributed by atoms with van der Waals surface area (Å²) in [5, 5.41) is 2.89. The number of hydrogen-bond donors (Lipinski definition) is 2. The van der Waals surface area contributed by atoms with Crippen molar-refractivity contribution in [3.63, 3.8) is 0 Å². The van der Waals surface area contributed by atoms with E-state index in [0.717, 1.165) is 0 Å². The van der Waals surface area contributed by atoms with Crippen LogP contribution in [0.4, 0.5) is 4.39 Å². The lowest BCUT2D eigenvalue weighted by Gasteiger charge is -2.36. The van der Waals surface area contributed by atoms with Crippen molar-refractivity contribution in [3.05, 3.63) is 53.0 Å². The van der Waals surface area contributed by atoms with Crippen LogP contribution in [0.3, 0.4) is 0 Å². The van der Waals surface area contributed by atoms with Crippen LogP contribution in [0, 0.1) is 12.7 Å². The summed E-state index contributed by atoms with van der Waals surface area (Å²) >= 11 is 0. The summed E-state index contributed by atoms with van der Waals surface area (Å²) < 4.78 is 44.8. The summed E-state index contributed by atoms with van der Waals surface area (Å²) in [6.07, 6.45) is 0. The van der Waals surface area contributed by atoms with Gasteiger partial charge in [0.1, 0.15) is 11.6 Å². The molecule has 9 heteroatoms. The molecule has 1 aliphatic rings. The van der Waals surface area contributed by atoms with Crippen LogP contribution in [0.15, 0.2) is 39.8 Å². The molecule has 0 spiro atoms.